The highest BCUT2D eigenvalue weighted by molar-refractivity contribution is 7.47. The van der Waals surface area contributed by atoms with Crippen molar-refractivity contribution in [3.05, 3.63) is 85.1 Å². The molecular weight excluding hydrogens is 906 g/mol. The van der Waals surface area contributed by atoms with Gasteiger partial charge < -0.3 is 20.1 Å². The van der Waals surface area contributed by atoms with Crippen molar-refractivity contribution in [3.63, 3.8) is 0 Å². The molecule has 3 N–H and O–H groups in total. The Labute approximate surface area is 436 Å². The molecule has 2 unspecified atom stereocenters. The highest BCUT2D eigenvalue weighted by Crippen LogP contribution is 2.43. The first kappa shape index (κ1) is 68.2. The van der Waals surface area contributed by atoms with E-state index in [1.807, 2.05) is 0 Å². The molecule has 0 aliphatic rings. The fraction of sp³-hybridized carbons (Fsp3) is 0.738. The minimum absolute atomic E-state index is 0.0469. The normalized spacial score (nSPS) is 13.7. The zero-order chi connectivity index (χ0) is 51.7. The second kappa shape index (κ2) is 56.5. The Morgan fingerprint density at radius 3 is 1.15 bits per heavy atom. The molecule has 0 aromatic carbocycles. The van der Waals surface area contributed by atoms with E-state index in [0.29, 0.717) is 6.42 Å². The molecule has 0 fully saturated rings. The predicted molar refractivity (Wildman–Crippen MR) is 302 cm³/mol. The van der Waals surface area contributed by atoms with Crippen molar-refractivity contribution in [3.8, 4) is 0 Å². The van der Waals surface area contributed by atoms with Crippen LogP contribution in [0.15, 0.2) is 85.1 Å². The zero-order valence-corrected chi connectivity index (χ0v) is 46.6. The Balaban J connectivity index is 4.04. The Morgan fingerprint density at radius 1 is 0.437 bits per heavy atom. The molecule has 0 amide bonds. The van der Waals surface area contributed by atoms with Crippen molar-refractivity contribution in [2.24, 2.45) is 5.73 Å². The van der Waals surface area contributed by atoms with Crippen LogP contribution in [0, 0.1) is 0 Å². The van der Waals surface area contributed by atoms with Crippen LogP contribution in [-0.4, -0.2) is 49.3 Å². The van der Waals surface area contributed by atoms with Crippen LogP contribution in [0.4, 0.5) is 0 Å². The van der Waals surface area contributed by atoms with E-state index in [1.54, 1.807) is 0 Å². The number of unbranched alkanes of at least 4 members (excludes halogenated alkanes) is 27. The molecular formula is C61H108NO8P. The smallest absolute Gasteiger partial charge is 0.462 e. The lowest BCUT2D eigenvalue weighted by atomic mass is 10.0. The van der Waals surface area contributed by atoms with Gasteiger partial charge in [0.25, 0.3) is 0 Å². The van der Waals surface area contributed by atoms with Crippen molar-refractivity contribution >= 4 is 19.8 Å². The van der Waals surface area contributed by atoms with Crippen LogP contribution in [0.3, 0.4) is 0 Å². The van der Waals surface area contributed by atoms with Crippen molar-refractivity contribution in [1.29, 1.82) is 0 Å². The number of nitrogens with two attached hydrogens (primary N) is 1. The van der Waals surface area contributed by atoms with Crippen LogP contribution >= 0.6 is 7.82 Å². The zero-order valence-electron chi connectivity index (χ0n) is 45.7. The molecule has 9 nitrogen and oxygen atoms in total. The molecule has 410 valence electrons. The first-order valence-electron chi connectivity index (χ1n) is 29.1. The fourth-order valence-corrected chi connectivity index (χ4v) is 8.79. The van der Waals surface area contributed by atoms with Crippen LogP contribution in [0.5, 0.6) is 0 Å². The third kappa shape index (κ3) is 56.3. The standard InChI is InChI=1S/C61H108NO8P/c1-3-5-7-9-11-13-15-17-19-21-23-25-27-28-29-30-32-34-36-38-40-42-44-46-48-50-52-54-61(64)70-59(58-69-71(65,66)68-56-55-62)57-67-60(63)53-51-49-47-45-43-41-39-37-35-33-31-26-24-22-20-18-16-14-12-10-8-6-4-2/h5,7,11,13,17,19,23,25,28-29,32,34,38,40,59H,3-4,6,8-10,12,14-16,18,20-22,24,26-27,30-31,33,35-37,39,41-58,62H2,1-2H3,(H,65,66)/b7-5-,13-11-,19-17-,25-23-,29-28-,34-32-,40-38-. The lowest BCUT2D eigenvalue weighted by molar-refractivity contribution is -0.161. The van der Waals surface area contributed by atoms with E-state index in [2.05, 4.69) is 98.9 Å². The van der Waals surface area contributed by atoms with E-state index in [9.17, 15) is 19.0 Å². The summed E-state index contributed by atoms with van der Waals surface area (Å²) in [6.07, 6.45) is 73.5. The van der Waals surface area contributed by atoms with Gasteiger partial charge in [-0.05, 0) is 70.6 Å². The number of carbonyl (C=O) groups is 2. The lowest BCUT2D eigenvalue weighted by Gasteiger charge is -2.19. The van der Waals surface area contributed by atoms with Crippen LogP contribution < -0.4 is 5.73 Å². The summed E-state index contributed by atoms with van der Waals surface area (Å²) in [4.78, 5) is 35.2. The van der Waals surface area contributed by atoms with Crippen LogP contribution in [0.2, 0.25) is 0 Å². The number of ether oxygens (including phenoxy) is 2. The molecule has 2 atom stereocenters. The van der Waals surface area contributed by atoms with E-state index in [1.165, 1.54) is 128 Å². The Kier molecular flexibility index (Phi) is 54.2. The maximum atomic E-state index is 12.7. The lowest BCUT2D eigenvalue weighted by Crippen LogP contribution is -2.29. The molecule has 0 rings (SSSR count). The monoisotopic (exact) mass is 1010 g/mol. The largest absolute Gasteiger partial charge is 0.472 e. The average molecular weight is 1010 g/mol. The highest BCUT2D eigenvalue weighted by atomic mass is 31.2. The summed E-state index contributed by atoms with van der Waals surface area (Å²) in [5.74, 6) is -0.845. The van der Waals surface area contributed by atoms with E-state index in [0.717, 1.165) is 96.3 Å². The minimum atomic E-state index is -4.40. The SMILES string of the molecule is CC/C=C\C/C=C\C/C=C\C/C=C\C/C=C\C/C=C\C/C=C\CCCCCCCC(=O)OC(COC(=O)CCCCCCCCCCCCCCCCCCCCCCCCC)COP(=O)(O)OCCN. The van der Waals surface area contributed by atoms with E-state index in [4.69, 9.17) is 24.3 Å². The summed E-state index contributed by atoms with van der Waals surface area (Å²) in [6, 6.07) is 0. The average Bonchev–Trinajstić information content (AvgIpc) is 3.36. The Morgan fingerprint density at radius 2 is 0.775 bits per heavy atom. The summed E-state index contributed by atoms with van der Waals surface area (Å²) < 4.78 is 33.0. The Hall–Kier alpha value is -2.81. The molecule has 0 heterocycles. The maximum absolute atomic E-state index is 12.7. The van der Waals surface area contributed by atoms with Gasteiger partial charge in [-0.2, -0.15) is 0 Å². The first-order valence-corrected chi connectivity index (χ1v) is 30.6. The van der Waals surface area contributed by atoms with Gasteiger partial charge in [0.2, 0.25) is 0 Å². The summed E-state index contributed by atoms with van der Waals surface area (Å²) >= 11 is 0. The van der Waals surface area contributed by atoms with Gasteiger partial charge in [0.1, 0.15) is 6.61 Å². The Bertz CT molecular complexity index is 1440. The summed E-state index contributed by atoms with van der Waals surface area (Å²) in [6.45, 7) is 3.63. The van der Waals surface area contributed by atoms with E-state index < -0.39 is 26.5 Å². The van der Waals surface area contributed by atoms with Gasteiger partial charge in [0.15, 0.2) is 6.10 Å². The number of hydrogen-bond donors (Lipinski definition) is 2. The van der Waals surface area contributed by atoms with Crippen molar-refractivity contribution in [1.82, 2.24) is 0 Å². The number of phosphoric ester groups is 1. The molecule has 0 aliphatic heterocycles. The quantitative estimate of drug-likeness (QED) is 0.0264. The number of hydrogen-bond acceptors (Lipinski definition) is 8. The molecule has 0 radical (unpaired) electrons. The first-order chi connectivity index (χ1) is 34.8. The van der Waals surface area contributed by atoms with Crippen LogP contribution in [0.1, 0.15) is 258 Å². The topological polar surface area (TPSA) is 134 Å². The van der Waals surface area contributed by atoms with Gasteiger partial charge in [-0.1, -0.05) is 259 Å². The second-order valence-corrected chi connectivity index (χ2v) is 20.6. The maximum Gasteiger partial charge on any atom is 0.472 e. The van der Waals surface area contributed by atoms with Crippen molar-refractivity contribution in [2.75, 3.05) is 26.4 Å². The van der Waals surface area contributed by atoms with Crippen LogP contribution in [-0.2, 0) is 32.7 Å². The van der Waals surface area contributed by atoms with Gasteiger partial charge in [0, 0.05) is 19.4 Å². The number of rotatable bonds is 54. The summed E-state index contributed by atoms with van der Waals surface area (Å²) in [7, 11) is -4.40. The number of allylic oxidation sites excluding steroid dienone is 14. The van der Waals surface area contributed by atoms with Crippen molar-refractivity contribution < 1.29 is 37.6 Å². The molecule has 0 bridgehead atoms. The number of carbonyl (C=O) groups excluding carboxylic acids is 2. The third-order valence-corrected chi connectivity index (χ3v) is 13.3. The van der Waals surface area contributed by atoms with Gasteiger partial charge in [0.05, 0.1) is 13.2 Å². The fourth-order valence-electron chi connectivity index (χ4n) is 8.03. The van der Waals surface area contributed by atoms with Gasteiger partial charge in [-0.3, -0.25) is 18.6 Å². The number of esters is 2. The van der Waals surface area contributed by atoms with E-state index >= 15 is 0 Å². The van der Waals surface area contributed by atoms with Gasteiger partial charge in [-0.15, -0.1) is 0 Å². The molecule has 10 heteroatoms. The molecule has 71 heavy (non-hydrogen) atoms. The minimum Gasteiger partial charge on any atom is -0.462 e. The number of phosphoric acid groups is 1. The molecule has 0 saturated heterocycles. The predicted octanol–water partition coefficient (Wildman–Crippen LogP) is 18.3. The summed E-state index contributed by atoms with van der Waals surface area (Å²) in [5, 5.41) is 0. The molecule has 0 aromatic rings. The van der Waals surface area contributed by atoms with Gasteiger partial charge in [-0.25, -0.2) is 4.57 Å². The summed E-state index contributed by atoms with van der Waals surface area (Å²) in [5.41, 5.74) is 5.38. The van der Waals surface area contributed by atoms with Gasteiger partial charge >= 0.3 is 19.8 Å². The molecule has 0 saturated carbocycles. The van der Waals surface area contributed by atoms with Crippen molar-refractivity contribution in [2.45, 2.75) is 264 Å². The third-order valence-electron chi connectivity index (χ3n) is 12.3. The van der Waals surface area contributed by atoms with E-state index in [-0.39, 0.29) is 38.6 Å². The highest BCUT2D eigenvalue weighted by Gasteiger charge is 2.26. The second-order valence-electron chi connectivity index (χ2n) is 19.1. The molecule has 0 aliphatic carbocycles. The molecule has 0 aromatic heterocycles. The molecule has 0 spiro atoms. The van der Waals surface area contributed by atoms with Crippen LogP contribution in [0.25, 0.3) is 0 Å².